The van der Waals surface area contributed by atoms with Crippen molar-refractivity contribution in [2.75, 3.05) is 26.7 Å². The molecule has 5 heteroatoms. The predicted octanol–water partition coefficient (Wildman–Crippen LogP) is 4.59. The maximum atomic E-state index is 12.5. The molecule has 2 aromatic rings. The molecule has 1 saturated carbocycles. The molecule has 0 spiro atoms. The summed E-state index contributed by atoms with van der Waals surface area (Å²) in [5.74, 6) is 2.29. The molecule has 29 heavy (non-hydrogen) atoms. The first-order valence-electron chi connectivity index (χ1n) is 10.5. The Kier molecular flexibility index (Phi) is 6.56. The van der Waals surface area contributed by atoms with Crippen molar-refractivity contribution in [1.29, 1.82) is 0 Å². The van der Waals surface area contributed by atoms with E-state index in [0.29, 0.717) is 11.8 Å². The molecule has 2 unspecified atom stereocenters. The van der Waals surface area contributed by atoms with Crippen LogP contribution in [0.2, 0.25) is 0 Å². The first-order chi connectivity index (χ1) is 14.1. The molecule has 1 aliphatic carbocycles. The van der Waals surface area contributed by atoms with Gasteiger partial charge in [0, 0.05) is 23.5 Å². The molecule has 2 atom stereocenters. The minimum atomic E-state index is 0.159. The van der Waals surface area contributed by atoms with Gasteiger partial charge in [-0.25, -0.2) is 0 Å². The quantitative estimate of drug-likeness (QED) is 0.662. The number of rotatable bonds is 7. The Balaban J connectivity index is 1.16. The minimum Gasteiger partial charge on any atom is -0.497 e. The normalized spacial score (nSPS) is 22.3. The Morgan fingerprint density at radius 3 is 2.45 bits per heavy atom. The van der Waals surface area contributed by atoms with Crippen LogP contribution in [-0.4, -0.2) is 37.6 Å². The van der Waals surface area contributed by atoms with Crippen molar-refractivity contribution in [2.45, 2.75) is 31.7 Å². The van der Waals surface area contributed by atoms with Gasteiger partial charge in [-0.05, 0) is 79.6 Å². The number of hydrogen-bond donors (Lipinski definition) is 1. The lowest BCUT2D eigenvalue weighted by Gasteiger charge is -2.32. The standard InChI is InChI=1S/C24H29BrN2O2/c1-29-21-8-2-18(3-9-21)16-27-12-10-17(11-13-27)15-26-24(28)23-14-22(23)19-4-6-20(25)7-5-19/h2-9,17,22-23H,10-16H2,1H3,(H,26,28). The molecule has 0 bridgehead atoms. The van der Waals surface area contributed by atoms with Gasteiger partial charge in [0.2, 0.25) is 5.91 Å². The fraction of sp³-hybridized carbons (Fsp3) is 0.458. The van der Waals surface area contributed by atoms with E-state index in [0.717, 1.165) is 55.7 Å². The van der Waals surface area contributed by atoms with Crippen molar-refractivity contribution in [3.63, 3.8) is 0 Å². The first-order valence-corrected chi connectivity index (χ1v) is 11.3. The van der Waals surface area contributed by atoms with Crippen LogP contribution in [0.25, 0.3) is 0 Å². The van der Waals surface area contributed by atoms with Crippen molar-refractivity contribution in [3.05, 3.63) is 64.1 Å². The van der Waals surface area contributed by atoms with E-state index in [1.807, 2.05) is 12.1 Å². The minimum absolute atomic E-state index is 0.159. The molecule has 4 nitrogen and oxygen atoms in total. The fourth-order valence-electron chi connectivity index (χ4n) is 4.28. The van der Waals surface area contributed by atoms with Gasteiger partial charge in [-0.2, -0.15) is 0 Å². The lowest BCUT2D eigenvalue weighted by atomic mass is 9.96. The Bertz CT molecular complexity index is 814. The highest BCUT2D eigenvalue weighted by molar-refractivity contribution is 9.10. The number of amides is 1. The van der Waals surface area contributed by atoms with Crippen LogP contribution in [0.1, 0.15) is 36.3 Å². The van der Waals surface area contributed by atoms with E-state index >= 15 is 0 Å². The molecule has 0 aromatic heterocycles. The van der Waals surface area contributed by atoms with Crippen LogP contribution >= 0.6 is 15.9 Å². The number of piperidine rings is 1. The van der Waals surface area contributed by atoms with Gasteiger partial charge in [0.15, 0.2) is 0 Å². The molecule has 1 saturated heterocycles. The highest BCUT2D eigenvalue weighted by Gasteiger charge is 2.43. The monoisotopic (exact) mass is 456 g/mol. The smallest absolute Gasteiger partial charge is 0.223 e. The van der Waals surface area contributed by atoms with Crippen molar-refractivity contribution >= 4 is 21.8 Å². The van der Waals surface area contributed by atoms with Crippen LogP contribution in [0.15, 0.2) is 53.0 Å². The van der Waals surface area contributed by atoms with E-state index in [2.05, 4.69) is 62.5 Å². The summed E-state index contributed by atoms with van der Waals surface area (Å²) in [6.45, 7) is 3.99. The summed E-state index contributed by atoms with van der Waals surface area (Å²) in [5, 5.41) is 3.22. The van der Waals surface area contributed by atoms with E-state index in [4.69, 9.17) is 4.74 Å². The molecule has 2 aromatic carbocycles. The third-order valence-corrected chi connectivity index (χ3v) is 6.79. The van der Waals surface area contributed by atoms with Gasteiger partial charge in [-0.1, -0.05) is 40.2 Å². The molecule has 0 radical (unpaired) electrons. The van der Waals surface area contributed by atoms with Crippen molar-refractivity contribution in [1.82, 2.24) is 10.2 Å². The van der Waals surface area contributed by atoms with Crippen LogP contribution in [-0.2, 0) is 11.3 Å². The lowest BCUT2D eigenvalue weighted by molar-refractivity contribution is -0.122. The number of hydrogen-bond acceptors (Lipinski definition) is 3. The number of methoxy groups -OCH3 is 1. The molecule has 2 fully saturated rings. The summed E-state index contributed by atoms with van der Waals surface area (Å²) in [6.07, 6.45) is 3.28. The highest BCUT2D eigenvalue weighted by Crippen LogP contribution is 2.47. The average molecular weight is 457 g/mol. The van der Waals surface area contributed by atoms with E-state index in [9.17, 15) is 4.79 Å². The number of carbonyl (C=O) groups is 1. The van der Waals surface area contributed by atoms with E-state index in [-0.39, 0.29) is 11.8 Å². The zero-order chi connectivity index (χ0) is 20.2. The van der Waals surface area contributed by atoms with Crippen LogP contribution < -0.4 is 10.1 Å². The molecule has 154 valence electrons. The summed E-state index contributed by atoms with van der Waals surface area (Å²) in [4.78, 5) is 15.0. The molecule has 1 amide bonds. The fourth-order valence-corrected chi connectivity index (χ4v) is 4.54. The summed E-state index contributed by atoms with van der Waals surface area (Å²) in [7, 11) is 1.70. The maximum Gasteiger partial charge on any atom is 0.223 e. The number of benzene rings is 2. The van der Waals surface area contributed by atoms with Crippen LogP contribution in [0.4, 0.5) is 0 Å². The van der Waals surface area contributed by atoms with Gasteiger partial charge in [-0.15, -0.1) is 0 Å². The second-order valence-electron chi connectivity index (χ2n) is 8.31. The molecule has 1 aliphatic heterocycles. The Morgan fingerprint density at radius 2 is 1.79 bits per heavy atom. The number of nitrogens with one attached hydrogen (secondary N) is 1. The van der Waals surface area contributed by atoms with Gasteiger partial charge in [0.1, 0.15) is 5.75 Å². The average Bonchev–Trinajstić information content (AvgIpc) is 3.55. The van der Waals surface area contributed by atoms with Crippen molar-refractivity contribution in [3.8, 4) is 5.75 Å². The zero-order valence-corrected chi connectivity index (χ0v) is 18.5. The Morgan fingerprint density at radius 1 is 1.10 bits per heavy atom. The van der Waals surface area contributed by atoms with Gasteiger partial charge in [0.25, 0.3) is 0 Å². The van der Waals surface area contributed by atoms with Gasteiger partial charge < -0.3 is 10.1 Å². The number of likely N-dealkylation sites (tertiary alicyclic amines) is 1. The van der Waals surface area contributed by atoms with E-state index in [1.54, 1.807) is 7.11 Å². The van der Waals surface area contributed by atoms with E-state index < -0.39 is 0 Å². The zero-order valence-electron chi connectivity index (χ0n) is 16.9. The second-order valence-corrected chi connectivity index (χ2v) is 9.23. The lowest BCUT2D eigenvalue weighted by Crippen LogP contribution is -2.38. The van der Waals surface area contributed by atoms with Gasteiger partial charge >= 0.3 is 0 Å². The molecule has 1 N–H and O–H groups in total. The van der Waals surface area contributed by atoms with E-state index in [1.165, 1.54) is 11.1 Å². The Labute approximate surface area is 181 Å². The maximum absolute atomic E-state index is 12.5. The first kappa shape index (κ1) is 20.4. The SMILES string of the molecule is COc1ccc(CN2CCC(CNC(=O)C3CC3c3ccc(Br)cc3)CC2)cc1. The Hall–Kier alpha value is -1.85. The molecular formula is C24H29BrN2O2. The number of nitrogens with zero attached hydrogens (tertiary/aromatic N) is 1. The summed E-state index contributed by atoms with van der Waals surface area (Å²) in [6, 6.07) is 16.7. The molecular weight excluding hydrogens is 428 g/mol. The van der Waals surface area contributed by atoms with Crippen LogP contribution in [0.5, 0.6) is 5.75 Å². The topological polar surface area (TPSA) is 41.6 Å². The number of ether oxygens (including phenoxy) is 1. The third kappa shape index (κ3) is 5.40. The largest absolute Gasteiger partial charge is 0.497 e. The van der Waals surface area contributed by atoms with Gasteiger partial charge in [-0.3, -0.25) is 9.69 Å². The van der Waals surface area contributed by atoms with Crippen molar-refractivity contribution in [2.24, 2.45) is 11.8 Å². The van der Waals surface area contributed by atoms with Gasteiger partial charge in [0.05, 0.1) is 7.11 Å². The second kappa shape index (κ2) is 9.31. The summed E-state index contributed by atoms with van der Waals surface area (Å²) in [5.41, 5.74) is 2.60. The van der Waals surface area contributed by atoms with Crippen LogP contribution in [0.3, 0.4) is 0 Å². The number of halogens is 1. The molecule has 4 rings (SSSR count). The summed E-state index contributed by atoms with van der Waals surface area (Å²) >= 11 is 3.47. The number of carbonyl (C=O) groups excluding carboxylic acids is 1. The molecule has 1 heterocycles. The van der Waals surface area contributed by atoms with Crippen LogP contribution in [0, 0.1) is 11.8 Å². The third-order valence-electron chi connectivity index (χ3n) is 6.26. The highest BCUT2D eigenvalue weighted by atomic mass is 79.9. The predicted molar refractivity (Wildman–Crippen MR) is 119 cm³/mol. The molecule has 2 aliphatic rings. The van der Waals surface area contributed by atoms with Crippen molar-refractivity contribution < 1.29 is 9.53 Å². The summed E-state index contributed by atoms with van der Waals surface area (Å²) < 4.78 is 6.31.